The van der Waals surface area contributed by atoms with Crippen LogP contribution in [-0.4, -0.2) is 25.2 Å². The summed E-state index contributed by atoms with van der Waals surface area (Å²) in [5.41, 5.74) is -0.456. The third kappa shape index (κ3) is 2.85. The number of esters is 1. The van der Waals surface area contributed by atoms with Crippen molar-refractivity contribution in [3.8, 4) is 0 Å². The molecule has 0 aliphatic heterocycles. The van der Waals surface area contributed by atoms with Gasteiger partial charge in [-0.15, -0.1) is 6.58 Å². The lowest BCUT2D eigenvalue weighted by Gasteiger charge is -2.16. The number of nitrogens with one attached hydrogen (secondary N) is 1. The van der Waals surface area contributed by atoms with Gasteiger partial charge in [0.15, 0.2) is 0 Å². The summed E-state index contributed by atoms with van der Waals surface area (Å²) < 4.78 is 4.84. The Kier molecular flexibility index (Phi) is 5.00. The molecule has 0 aromatic rings. The van der Waals surface area contributed by atoms with Gasteiger partial charge in [-0.05, 0) is 19.4 Å². The van der Waals surface area contributed by atoms with Crippen LogP contribution in [0.5, 0.6) is 0 Å². The molecule has 1 aliphatic carbocycles. The second-order valence-electron chi connectivity index (χ2n) is 4.50. The Morgan fingerprint density at radius 3 is 2.81 bits per heavy atom. The molecule has 92 valence electrons. The van der Waals surface area contributed by atoms with Crippen LogP contribution in [0.4, 0.5) is 0 Å². The van der Waals surface area contributed by atoms with E-state index in [1.165, 1.54) is 26.4 Å². The van der Waals surface area contributed by atoms with Gasteiger partial charge in [0.1, 0.15) is 5.54 Å². The Labute approximate surface area is 98.2 Å². The van der Waals surface area contributed by atoms with Gasteiger partial charge in [-0.1, -0.05) is 32.3 Å². The first-order valence-electron chi connectivity index (χ1n) is 6.17. The molecule has 1 rings (SSSR count). The van der Waals surface area contributed by atoms with Crippen molar-refractivity contribution in [1.82, 2.24) is 5.32 Å². The van der Waals surface area contributed by atoms with Crippen molar-refractivity contribution in [2.75, 3.05) is 13.7 Å². The van der Waals surface area contributed by atoms with Gasteiger partial charge in [0.2, 0.25) is 0 Å². The Bertz CT molecular complexity index is 252. The fourth-order valence-electron chi connectivity index (χ4n) is 2.13. The van der Waals surface area contributed by atoms with Gasteiger partial charge in [-0.25, -0.2) is 0 Å². The molecular weight excluding hydrogens is 202 g/mol. The average molecular weight is 225 g/mol. The Hall–Kier alpha value is -0.830. The van der Waals surface area contributed by atoms with E-state index in [4.69, 9.17) is 4.74 Å². The maximum absolute atomic E-state index is 11.7. The SMILES string of the molecule is C=CC1CC1(NCCCCCC)C(=O)OC. The van der Waals surface area contributed by atoms with Gasteiger partial charge in [-0.3, -0.25) is 4.79 Å². The highest BCUT2D eigenvalue weighted by atomic mass is 16.5. The fourth-order valence-corrected chi connectivity index (χ4v) is 2.13. The minimum Gasteiger partial charge on any atom is -0.468 e. The standard InChI is InChI=1S/C13H23NO2/c1-4-6-7-8-9-14-13(12(15)16-3)10-11(13)5-2/h5,11,14H,2,4,6-10H2,1,3H3. The van der Waals surface area contributed by atoms with Gasteiger partial charge in [-0.2, -0.15) is 0 Å². The van der Waals surface area contributed by atoms with Gasteiger partial charge in [0, 0.05) is 5.92 Å². The van der Waals surface area contributed by atoms with E-state index in [-0.39, 0.29) is 11.9 Å². The number of methoxy groups -OCH3 is 1. The molecule has 3 nitrogen and oxygen atoms in total. The van der Waals surface area contributed by atoms with Crippen molar-refractivity contribution >= 4 is 5.97 Å². The number of unbranched alkanes of at least 4 members (excludes halogenated alkanes) is 3. The summed E-state index contributed by atoms with van der Waals surface area (Å²) >= 11 is 0. The summed E-state index contributed by atoms with van der Waals surface area (Å²) in [6.07, 6.45) is 7.51. The molecule has 0 spiro atoms. The first-order chi connectivity index (χ1) is 7.71. The topological polar surface area (TPSA) is 38.3 Å². The normalized spacial score (nSPS) is 27.5. The molecule has 1 N–H and O–H groups in total. The molecule has 2 unspecified atom stereocenters. The Morgan fingerprint density at radius 2 is 2.31 bits per heavy atom. The molecule has 0 saturated heterocycles. The van der Waals surface area contributed by atoms with Gasteiger partial charge < -0.3 is 10.1 Å². The smallest absolute Gasteiger partial charge is 0.326 e. The van der Waals surface area contributed by atoms with Crippen molar-refractivity contribution in [1.29, 1.82) is 0 Å². The van der Waals surface area contributed by atoms with E-state index in [0.29, 0.717) is 0 Å². The van der Waals surface area contributed by atoms with Crippen LogP contribution in [0.1, 0.15) is 39.0 Å². The molecule has 2 atom stereocenters. The Balaban J connectivity index is 2.31. The minimum atomic E-state index is -0.456. The van der Waals surface area contributed by atoms with E-state index in [0.717, 1.165) is 19.4 Å². The zero-order chi connectivity index (χ0) is 12.0. The van der Waals surface area contributed by atoms with Crippen LogP contribution >= 0.6 is 0 Å². The van der Waals surface area contributed by atoms with Crippen molar-refractivity contribution in [3.63, 3.8) is 0 Å². The molecule has 0 radical (unpaired) electrons. The predicted molar refractivity (Wildman–Crippen MR) is 65.2 cm³/mol. The molecule has 1 saturated carbocycles. The zero-order valence-corrected chi connectivity index (χ0v) is 10.4. The molecule has 1 fully saturated rings. The minimum absolute atomic E-state index is 0.145. The number of hydrogen-bond donors (Lipinski definition) is 1. The highest BCUT2D eigenvalue weighted by molar-refractivity contribution is 5.85. The average Bonchev–Trinajstić information content (AvgIpc) is 3.03. The van der Waals surface area contributed by atoms with E-state index in [9.17, 15) is 4.79 Å². The monoisotopic (exact) mass is 225 g/mol. The van der Waals surface area contributed by atoms with Crippen molar-refractivity contribution in [3.05, 3.63) is 12.7 Å². The number of hydrogen-bond acceptors (Lipinski definition) is 3. The highest BCUT2D eigenvalue weighted by Gasteiger charge is 2.59. The van der Waals surface area contributed by atoms with E-state index in [1.54, 1.807) is 0 Å². The van der Waals surface area contributed by atoms with E-state index >= 15 is 0 Å². The lowest BCUT2D eigenvalue weighted by molar-refractivity contribution is -0.144. The van der Waals surface area contributed by atoms with Crippen LogP contribution in [-0.2, 0) is 9.53 Å². The number of carbonyl (C=O) groups excluding carboxylic acids is 1. The summed E-state index contributed by atoms with van der Waals surface area (Å²) in [7, 11) is 1.45. The third-order valence-electron chi connectivity index (χ3n) is 3.32. The quantitative estimate of drug-likeness (QED) is 0.391. The van der Waals surface area contributed by atoms with Gasteiger partial charge in [0.05, 0.1) is 7.11 Å². The number of carbonyl (C=O) groups is 1. The molecule has 0 bridgehead atoms. The lowest BCUT2D eigenvalue weighted by atomic mass is 10.1. The third-order valence-corrected chi connectivity index (χ3v) is 3.32. The largest absolute Gasteiger partial charge is 0.468 e. The summed E-state index contributed by atoms with van der Waals surface area (Å²) in [5.74, 6) is 0.0963. The maximum Gasteiger partial charge on any atom is 0.326 e. The van der Waals surface area contributed by atoms with Gasteiger partial charge in [0.25, 0.3) is 0 Å². The van der Waals surface area contributed by atoms with Crippen LogP contribution in [0.15, 0.2) is 12.7 Å². The molecule has 16 heavy (non-hydrogen) atoms. The zero-order valence-electron chi connectivity index (χ0n) is 10.4. The number of rotatable bonds is 8. The summed E-state index contributed by atoms with van der Waals surface area (Å²) in [4.78, 5) is 11.7. The van der Waals surface area contributed by atoms with E-state index in [1.807, 2.05) is 6.08 Å². The van der Waals surface area contributed by atoms with Crippen LogP contribution in [0.2, 0.25) is 0 Å². The van der Waals surface area contributed by atoms with E-state index < -0.39 is 5.54 Å². The van der Waals surface area contributed by atoms with Crippen LogP contribution in [0, 0.1) is 5.92 Å². The highest BCUT2D eigenvalue weighted by Crippen LogP contribution is 2.45. The molecule has 0 amide bonds. The van der Waals surface area contributed by atoms with Crippen LogP contribution in [0.25, 0.3) is 0 Å². The van der Waals surface area contributed by atoms with Gasteiger partial charge >= 0.3 is 5.97 Å². The lowest BCUT2D eigenvalue weighted by Crippen LogP contribution is -2.42. The predicted octanol–water partition coefficient (Wildman–Crippen LogP) is 2.27. The second kappa shape index (κ2) is 6.04. The van der Waals surface area contributed by atoms with Crippen LogP contribution in [0.3, 0.4) is 0 Å². The molecule has 0 aromatic carbocycles. The molecular formula is C13H23NO2. The first-order valence-corrected chi connectivity index (χ1v) is 6.17. The Morgan fingerprint density at radius 1 is 1.56 bits per heavy atom. The van der Waals surface area contributed by atoms with Crippen molar-refractivity contribution < 1.29 is 9.53 Å². The van der Waals surface area contributed by atoms with Crippen molar-refractivity contribution in [2.45, 2.75) is 44.6 Å². The molecule has 3 heteroatoms. The second-order valence-corrected chi connectivity index (χ2v) is 4.50. The summed E-state index contributed by atoms with van der Waals surface area (Å²) in [6, 6.07) is 0. The molecule has 0 aromatic heterocycles. The van der Waals surface area contributed by atoms with Crippen molar-refractivity contribution in [2.24, 2.45) is 5.92 Å². The van der Waals surface area contributed by atoms with Crippen LogP contribution < -0.4 is 5.32 Å². The molecule has 1 aliphatic rings. The first kappa shape index (κ1) is 13.2. The summed E-state index contributed by atoms with van der Waals surface area (Å²) in [6.45, 7) is 6.83. The summed E-state index contributed by atoms with van der Waals surface area (Å²) in [5, 5.41) is 3.33. The fraction of sp³-hybridized carbons (Fsp3) is 0.769. The molecule has 0 heterocycles. The van der Waals surface area contributed by atoms with E-state index in [2.05, 4.69) is 18.8 Å². The maximum atomic E-state index is 11.7. The number of ether oxygens (including phenoxy) is 1.